The van der Waals surface area contributed by atoms with Crippen molar-refractivity contribution in [1.29, 1.82) is 0 Å². The van der Waals surface area contributed by atoms with E-state index in [2.05, 4.69) is 9.84 Å². The van der Waals surface area contributed by atoms with Gasteiger partial charge in [-0.2, -0.15) is 5.10 Å². The molecule has 1 aromatic heterocycles. The van der Waals surface area contributed by atoms with Crippen LogP contribution in [0.4, 0.5) is 0 Å². The Balaban J connectivity index is 2.35. The molecule has 0 aliphatic carbocycles. The maximum atomic E-state index is 11.1. The Morgan fingerprint density at radius 2 is 2.18 bits per heavy atom. The fourth-order valence-corrected chi connectivity index (χ4v) is 1.47. The van der Waals surface area contributed by atoms with Crippen molar-refractivity contribution in [3.05, 3.63) is 54.4 Å². The van der Waals surface area contributed by atoms with Crippen molar-refractivity contribution in [1.82, 2.24) is 9.78 Å². The van der Waals surface area contributed by atoms with Crippen LogP contribution in [0.15, 0.2) is 48.8 Å². The molecule has 2 aromatic rings. The number of rotatable bonds is 3. The summed E-state index contributed by atoms with van der Waals surface area (Å²) in [6.07, 6.45) is 6.66. The number of hydrogen-bond donors (Lipinski definition) is 0. The standard InChI is InChI=1S/C13H12N2O2/c1-17-13(16)8-7-11-5-2-3-6-12(11)15-10-4-9-14-15/h2-10H,1H3/b8-7+. The Kier molecular flexibility index (Phi) is 3.35. The Morgan fingerprint density at radius 3 is 2.88 bits per heavy atom. The van der Waals surface area contributed by atoms with Crippen LogP contribution in [0.2, 0.25) is 0 Å². The van der Waals surface area contributed by atoms with Gasteiger partial charge in [-0.1, -0.05) is 18.2 Å². The number of hydrogen-bond acceptors (Lipinski definition) is 3. The predicted octanol–water partition coefficient (Wildman–Crippen LogP) is 2.06. The third-order valence-electron chi connectivity index (χ3n) is 2.29. The summed E-state index contributed by atoms with van der Waals surface area (Å²) >= 11 is 0. The van der Waals surface area contributed by atoms with Gasteiger partial charge in [0.15, 0.2) is 0 Å². The van der Waals surface area contributed by atoms with E-state index in [0.717, 1.165) is 11.3 Å². The topological polar surface area (TPSA) is 44.1 Å². The molecule has 1 aromatic carbocycles. The molecule has 0 aliphatic rings. The maximum absolute atomic E-state index is 11.1. The van der Waals surface area contributed by atoms with E-state index in [4.69, 9.17) is 0 Å². The molecule has 17 heavy (non-hydrogen) atoms. The molecule has 0 N–H and O–H groups in total. The molecule has 0 radical (unpaired) electrons. The Hall–Kier alpha value is -2.36. The lowest BCUT2D eigenvalue weighted by Crippen LogP contribution is -1.98. The lowest BCUT2D eigenvalue weighted by atomic mass is 10.1. The first-order valence-corrected chi connectivity index (χ1v) is 5.16. The number of benzene rings is 1. The summed E-state index contributed by atoms with van der Waals surface area (Å²) < 4.78 is 6.30. The molecule has 4 nitrogen and oxygen atoms in total. The number of para-hydroxylation sites is 1. The number of nitrogens with zero attached hydrogens (tertiary/aromatic N) is 2. The monoisotopic (exact) mass is 228 g/mol. The molecular formula is C13H12N2O2. The molecule has 0 unspecified atom stereocenters. The zero-order valence-corrected chi connectivity index (χ0v) is 9.41. The van der Waals surface area contributed by atoms with Crippen molar-refractivity contribution in [2.45, 2.75) is 0 Å². The summed E-state index contributed by atoms with van der Waals surface area (Å²) in [7, 11) is 1.35. The average Bonchev–Trinajstić information content (AvgIpc) is 2.90. The molecule has 2 rings (SSSR count). The molecule has 0 aliphatic heterocycles. The highest BCUT2D eigenvalue weighted by molar-refractivity contribution is 5.87. The lowest BCUT2D eigenvalue weighted by Gasteiger charge is -2.05. The van der Waals surface area contributed by atoms with Gasteiger partial charge in [-0.15, -0.1) is 0 Å². The van der Waals surface area contributed by atoms with Gasteiger partial charge in [0.2, 0.25) is 0 Å². The molecule has 1 heterocycles. The van der Waals surface area contributed by atoms with Crippen LogP contribution in [0.5, 0.6) is 0 Å². The van der Waals surface area contributed by atoms with Gasteiger partial charge in [-0.25, -0.2) is 9.48 Å². The van der Waals surface area contributed by atoms with Crippen LogP contribution in [-0.2, 0) is 9.53 Å². The van der Waals surface area contributed by atoms with Gasteiger partial charge < -0.3 is 4.74 Å². The molecule has 0 spiro atoms. The number of carbonyl (C=O) groups is 1. The molecule has 0 atom stereocenters. The third-order valence-corrected chi connectivity index (χ3v) is 2.29. The summed E-state index contributed by atoms with van der Waals surface area (Å²) in [5.74, 6) is -0.375. The van der Waals surface area contributed by atoms with Crippen LogP contribution >= 0.6 is 0 Å². The zero-order valence-electron chi connectivity index (χ0n) is 9.41. The zero-order chi connectivity index (χ0) is 12.1. The second kappa shape index (κ2) is 5.12. The third kappa shape index (κ3) is 2.60. The molecule has 0 saturated heterocycles. The molecular weight excluding hydrogens is 216 g/mol. The van der Waals surface area contributed by atoms with Crippen molar-refractivity contribution in [3.63, 3.8) is 0 Å². The van der Waals surface area contributed by atoms with E-state index in [1.165, 1.54) is 13.2 Å². The van der Waals surface area contributed by atoms with E-state index in [1.807, 2.05) is 36.5 Å². The quantitative estimate of drug-likeness (QED) is 0.596. The SMILES string of the molecule is COC(=O)/C=C/c1ccccc1-n1cccn1. The van der Waals surface area contributed by atoms with Crippen LogP contribution in [0.25, 0.3) is 11.8 Å². The van der Waals surface area contributed by atoms with E-state index in [9.17, 15) is 4.79 Å². The van der Waals surface area contributed by atoms with Crippen molar-refractivity contribution >= 4 is 12.0 Å². The van der Waals surface area contributed by atoms with Crippen molar-refractivity contribution < 1.29 is 9.53 Å². The first-order chi connectivity index (χ1) is 8.31. The normalized spacial score (nSPS) is 10.6. The largest absolute Gasteiger partial charge is 0.466 e. The predicted molar refractivity (Wildman–Crippen MR) is 64.6 cm³/mol. The lowest BCUT2D eigenvalue weighted by molar-refractivity contribution is -0.134. The number of methoxy groups -OCH3 is 1. The van der Waals surface area contributed by atoms with E-state index in [-0.39, 0.29) is 5.97 Å². The molecule has 4 heteroatoms. The summed E-state index contributed by atoms with van der Waals surface area (Å²) in [6.45, 7) is 0. The number of carbonyl (C=O) groups excluding carboxylic acids is 1. The van der Waals surface area contributed by atoms with Crippen molar-refractivity contribution in [2.75, 3.05) is 7.11 Å². The minimum atomic E-state index is -0.375. The van der Waals surface area contributed by atoms with Crippen LogP contribution in [-0.4, -0.2) is 22.9 Å². The Labute approximate surface area is 99.1 Å². The van der Waals surface area contributed by atoms with Crippen LogP contribution in [0.3, 0.4) is 0 Å². The fourth-order valence-electron chi connectivity index (χ4n) is 1.47. The first kappa shape index (κ1) is 11.1. The van der Waals surface area contributed by atoms with Gasteiger partial charge in [0.05, 0.1) is 12.8 Å². The summed E-state index contributed by atoms with van der Waals surface area (Å²) in [6, 6.07) is 9.53. The molecule has 0 bridgehead atoms. The summed E-state index contributed by atoms with van der Waals surface area (Å²) in [4.78, 5) is 11.1. The van der Waals surface area contributed by atoms with Gasteiger partial charge in [0.25, 0.3) is 0 Å². The number of esters is 1. The average molecular weight is 228 g/mol. The number of aromatic nitrogens is 2. The Bertz CT molecular complexity index is 530. The van der Waals surface area contributed by atoms with E-state index in [1.54, 1.807) is 17.0 Å². The van der Waals surface area contributed by atoms with Crippen molar-refractivity contribution in [2.24, 2.45) is 0 Å². The molecule has 0 fully saturated rings. The summed E-state index contributed by atoms with van der Waals surface area (Å²) in [5.41, 5.74) is 1.82. The van der Waals surface area contributed by atoms with Crippen LogP contribution in [0.1, 0.15) is 5.56 Å². The highest BCUT2D eigenvalue weighted by Gasteiger charge is 2.01. The van der Waals surface area contributed by atoms with Gasteiger partial charge in [-0.05, 0) is 18.2 Å². The first-order valence-electron chi connectivity index (χ1n) is 5.16. The second-order valence-corrected chi connectivity index (χ2v) is 3.37. The minimum Gasteiger partial charge on any atom is -0.466 e. The van der Waals surface area contributed by atoms with E-state index >= 15 is 0 Å². The minimum absolute atomic E-state index is 0.375. The van der Waals surface area contributed by atoms with Crippen LogP contribution in [0, 0.1) is 0 Å². The summed E-state index contributed by atoms with van der Waals surface area (Å²) in [5, 5.41) is 4.16. The van der Waals surface area contributed by atoms with Crippen LogP contribution < -0.4 is 0 Å². The van der Waals surface area contributed by atoms with Crippen molar-refractivity contribution in [3.8, 4) is 5.69 Å². The van der Waals surface area contributed by atoms with Gasteiger partial charge in [0, 0.05) is 24.0 Å². The van der Waals surface area contributed by atoms with E-state index < -0.39 is 0 Å². The highest BCUT2D eigenvalue weighted by Crippen LogP contribution is 2.14. The smallest absolute Gasteiger partial charge is 0.330 e. The van der Waals surface area contributed by atoms with Gasteiger partial charge >= 0.3 is 5.97 Å². The highest BCUT2D eigenvalue weighted by atomic mass is 16.5. The second-order valence-electron chi connectivity index (χ2n) is 3.37. The van der Waals surface area contributed by atoms with E-state index in [0.29, 0.717) is 0 Å². The Morgan fingerprint density at radius 1 is 1.35 bits per heavy atom. The van der Waals surface area contributed by atoms with Gasteiger partial charge in [0.1, 0.15) is 0 Å². The molecule has 0 saturated carbocycles. The van der Waals surface area contributed by atoms with Gasteiger partial charge in [-0.3, -0.25) is 0 Å². The molecule has 0 amide bonds. The maximum Gasteiger partial charge on any atom is 0.330 e. The molecule has 86 valence electrons. The fraction of sp³-hybridized carbons (Fsp3) is 0.0769. The number of ether oxygens (including phenoxy) is 1.